The molecule has 6 heteroatoms. The summed E-state index contributed by atoms with van der Waals surface area (Å²) in [5, 5.41) is 6.58. The lowest BCUT2D eigenvalue weighted by Crippen LogP contribution is -2.40. The van der Waals surface area contributed by atoms with E-state index in [2.05, 4.69) is 17.6 Å². The van der Waals surface area contributed by atoms with Crippen LogP contribution in [0.2, 0.25) is 5.02 Å². The summed E-state index contributed by atoms with van der Waals surface area (Å²) in [7, 11) is 0. The molecule has 0 spiro atoms. The molecule has 0 saturated carbocycles. The third-order valence-electron chi connectivity index (χ3n) is 8.13. The molecule has 3 rings (SSSR count). The second-order valence-corrected chi connectivity index (χ2v) is 12.4. The molecule has 0 aliphatic heterocycles. The minimum atomic E-state index is -1.37. The van der Waals surface area contributed by atoms with Crippen molar-refractivity contribution in [1.82, 2.24) is 0 Å². The number of carbonyl (C=O) groups excluding carboxylic acids is 2. The van der Waals surface area contributed by atoms with Crippen molar-refractivity contribution in [3.63, 3.8) is 0 Å². The zero-order valence-corrected chi connectivity index (χ0v) is 28.0. The van der Waals surface area contributed by atoms with Crippen molar-refractivity contribution in [2.24, 2.45) is 0 Å². The van der Waals surface area contributed by atoms with E-state index in [0.717, 1.165) is 18.7 Å². The molecule has 0 radical (unpaired) electrons. The highest BCUT2D eigenvalue weighted by atomic mass is 35.5. The molecule has 3 aromatic rings. The number of Topliss-reactive ketones (excluding diaryl/α,β-unsaturated/α-hetero) is 1. The van der Waals surface area contributed by atoms with Gasteiger partial charge in [-0.3, -0.25) is 9.59 Å². The van der Waals surface area contributed by atoms with Gasteiger partial charge in [-0.1, -0.05) is 145 Å². The van der Waals surface area contributed by atoms with Gasteiger partial charge >= 0.3 is 0 Å². The molecular formula is C39H53ClN2O3. The van der Waals surface area contributed by atoms with Crippen molar-refractivity contribution < 1.29 is 14.3 Å². The van der Waals surface area contributed by atoms with Crippen molar-refractivity contribution >= 4 is 34.7 Å². The first-order chi connectivity index (χ1) is 22.1. The van der Waals surface area contributed by atoms with Crippen LogP contribution in [0.1, 0.15) is 120 Å². The van der Waals surface area contributed by atoms with Crippen LogP contribution in [-0.4, -0.2) is 24.3 Å². The molecule has 1 amide bonds. The molecule has 0 bridgehead atoms. The van der Waals surface area contributed by atoms with Gasteiger partial charge in [0.2, 0.25) is 11.9 Å². The third kappa shape index (κ3) is 14.6. The summed E-state index contributed by atoms with van der Waals surface area (Å²) < 4.78 is 5.88. The largest absolute Gasteiger partial charge is 0.472 e. The average Bonchev–Trinajstić information content (AvgIpc) is 3.06. The van der Waals surface area contributed by atoms with Crippen LogP contribution in [0.15, 0.2) is 78.9 Å². The van der Waals surface area contributed by atoms with Gasteiger partial charge < -0.3 is 15.4 Å². The molecular weight excluding hydrogens is 580 g/mol. The SMILES string of the molecule is CCCCCCCCCCCCCCCCCCNc1ccc(C(=O)[C@@H](Oc2ccccc2)C(=O)Nc2ccccc2Cl)cc1. The van der Waals surface area contributed by atoms with E-state index < -0.39 is 17.8 Å². The maximum atomic E-state index is 13.5. The topological polar surface area (TPSA) is 67.4 Å². The van der Waals surface area contributed by atoms with Gasteiger partial charge in [-0.05, 0) is 55.0 Å². The van der Waals surface area contributed by atoms with Gasteiger partial charge in [-0.25, -0.2) is 0 Å². The molecule has 0 saturated heterocycles. The van der Waals surface area contributed by atoms with Crippen LogP contribution >= 0.6 is 11.6 Å². The van der Waals surface area contributed by atoms with Crippen LogP contribution < -0.4 is 15.4 Å². The van der Waals surface area contributed by atoms with Gasteiger partial charge in [0.1, 0.15) is 5.75 Å². The number of ether oxygens (including phenoxy) is 1. The van der Waals surface area contributed by atoms with Crippen molar-refractivity contribution in [1.29, 1.82) is 0 Å². The molecule has 3 aromatic carbocycles. The zero-order chi connectivity index (χ0) is 32.0. The number of unbranched alkanes of at least 4 members (excludes halogenated alkanes) is 15. The Morgan fingerprint density at radius 1 is 0.644 bits per heavy atom. The van der Waals surface area contributed by atoms with Gasteiger partial charge in [0.15, 0.2) is 0 Å². The summed E-state index contributed by atoms with van der Waals surface area (Å²) in [5.74, 6) is -0.572. The lowest BCUT2D eigenvalue weighted by molar-refractivity contribution is -0.120. The maximum absolute atomic E-state index is 13.5. The van der Waals surface area contributed by atoms with Crippen molar-refractivity contribution in [3.05, 3.63) is 89.4 Å². The summed E-state index contributed by atoms with van der Waals surface area (Å²) in [6.07, 6.45) is 20.4. The highest BCUT2D eigenvalue weighted by Gasteiger charge is 2.30. The monoisotopic (exact) mass is 632 g/mol. The number of anilines is 2. The smallest absolute Gasteiger partial charge is 0.273 e. The summed E-state index contributed by atoms with van der Waals surface area (Å²) >= 11 is 6.23. The fourth-order valence-corrected chi connectivity index (χ4v) is 5.61. The van der Waals surface area contributed by atoms with E-state index in [4.69, 9.17) is 16.3 Å². The van der Waals surface area contributed by atoms with Crippen LogP contribution in [0.4, 0.5) is 11.4 Å². The van der Waals surface area contributed by atoms with Gasteiger partial charge in [-0.15, -0.1) is 0 Å². The van der Waals surface area contributed by atoms with Gasteiger partial charge in [0.05, 0.1) is 10.7 Å². The first-order valence-electron chi connectivity index (χ1n) is 17.2. The van der Waals surface area contributed by atoms with Crippen LogP contribution in [0.3, 0.4) is 0 Å². The predicted molar refractivity (Wildman–Crippen MR) is 190 cm³/mol. The standard InChI is InChI=1S/C39H53ClN2O3/c1-2-3-4-5-6-7-8-9-10-11-12-13-14-15-16-22-31-41-33-29-27-32(28-30-33)37(43)38(45-34-23-18-17-19-24-34)39(44)42-36-26-21-20-25-35(36)40/h17-21,23-30,38,41H,2-16,22,31H2,1H3,(H,42,44)/t38-/m1/s1. The number of nitrogens with one attached hydrogen (secondary N) is 2. The second-order valence-electron chi connectivity index (χ2n) is 12.0. The van der Waals surface area contributed by atoms with Gasteiger partial charge in [-0.2, -0.15) is 0 Å². The molecule has 0 aliphatic carbocycles. The fourth-order valence-electron chi connectivity index (χ4n) is 5.43. The Morgan fingerprint density at radius 2 is 1.16 bits per heavy atom. The quantitative estimate of drug-likeness (QED) is 0.0585. The van der Waals surface area contributed by atoms with Crippen LogP contribution in [0.25, 0.3) is 0 Å². The molecule has 244 valence electrons. The van der Waals surface area contributed by atoms with E-state index in [1.165, 1.54) is 96.3 Å². The van der Waals surface area contributed by atoms with Gasteiger partial charge in [0, 0.05) is 17.8 Å². The van der Waals surface area contributed by atoms with Crippen molar-refractivity contribution in [3.8, 4) is 5.75 Å². The molecule has 0 fully saturated rings. The Kier molecular flexibility index (Phi) is 17.9. The van der Waals surface area contributed by atoms with Crippen molar-refractivity contribution in [2.75, 3.05) is 17.2 Å². The molecule has 0 heterocycles. The zero-order valence-electron chi connectivity index (χ0n) is 27.2. The van der Waals surface area contributed by atoms with E-state index in [1.54, 1.807) is 60.7 Å². The number of halogens is 1. The first kappa shape index (κ1) is 36.2. The molecule has 2 N–H and O–H groups in total. The highest BCUT2D eigenvalue weighted by Crippen LogP contribution is 2.23. The number of rotatable bonds is 24. The predicted octanol–water partition coefficient (Wildman–Crippen LogP) is 11.3. The van der Waals surface area contributed by atoms with E-state index in [9.17, 15) is 9.59 Å². The number of benzene rings is 3. The lowest BCUT2D eigenvalue weighted by Gasteiger charge is -2.18. The molecule has 1 atom stereocenters. The van der Waals surface area contributed by atoms with E-state index in [-0.39, 0.29) is 0 Å². The molecule has 0 aromatic heterocycles. The van der Waals surface area contributed by atoms with E-state index in [1.807, 2.05) is 18.2 Å². The highest BCUT2D eigenvalue weighted by molar-refractivity contribution is 6.34. The molecule has 0 unspecified atom stereocenters. The number of amides is 1. The Morgan fingerprint density at radius 3 is 1.71 bits per heavy atom. The number of hydrogen-bond acceptors (Lipinski definition) is 4. The maximum Gasteiger partial charge on any atom is 0.273 e. The van der Waals surface area contributed by atoms with E-state index >= 15 is 0 Å². The van der Waals surface area contributed by atoms with Crippen LogP contribution in [-0.2, 0) is 4.79 Å². The van der Waals surface area contributed by atoms with Crippen LogP contribution in [0.5, 0.6) is 5.75 Å². The number of hydrogen-bond donors (Lipinski definition) is 2. The second kappa shape index (κ2) is 22.2. The fraction of sp³-hybridized carbons (Fsp3) is 0.487. The normalized spacial score (nSPS) is 11.6. The molecule has 45 heavy (non-hydrogen) atoms. The Hall–Kier alpha value is -3.31. The average molecular weight is 633 g/mol. The molecule has 5 nitrogen and oxygen atoms in total. The molecule has 0 aliphatic rings. The third-order valence-corrected chi connectivity index (χ3v) is 8.46. The summed E-state index contributed by atoms with van der Waals surface area (Å²) in [6.45, 7) is 3.17. The number of carbonyl (C=O) groups is 2. The first-order valence-corrected chi connectivity index (χ1v) is 17.6. The Labute approximate surface area is 276 Å². The summed E-state index contributed by atoms with van der Waals surface area (Å²) in [4.78, 5) is 26.7. The van der Waals surface area contributed by atoms with Crippen LogP contribution in [0, 0.1) is 0 Å². The van der Waals surface area contributed by atoms with Gasteiger partial charge in [0.25, 0.3) is 5.91 Å². The Bertz CT molecular complexity index is 1230. The van der Waals surface area contributed by atoms with E-state index in [0.29, 0.717) is 22.0 Å². The lowest BCUT2D eigenvalue weighted by atomic mass is 10.0. The summed E-state index contributed by atoms with van der Waals surface area (Å²) in [5.41, 5.74) is 1.78. The summed E-state index contributed by atoms with van der Waals surface area (Å²) in [6, 6.07) is 23.0. The van der Waals surface area contributed by atoms with Crippen molar-refractivity contribution in [2.45, 2.75) is 116 Å². The number of ketones is 1. The minimum Gasteiger partial charge on any atom is -0.472 e. The minimum absolute atomic E-state index is 0.386. The Balaban J connectivity index is 1.33. The number of para-hydroxylation sites is 2.